The number of hydrazine groups is 1. The van der Waals surface area contributed by atoms with Crippen LogP contribution in [0.5, 0.6) is 0 Å². The molecule has 9 heteroatoms. The second kappa shape index (κ2) is 4.73. The van der Waals surface area contributed by atoms with Gasteiger partial charge in [-0.2, -0.15) is 13.2 Å². The third kappa shape index (κ3) is 2.07. The van der Waals surface area contributed by atoms with Crippen LogP contribution in [-0.4, -0.2) is 46.5 Å². The second-order valence-corrected chi connectivity index (χ2v) is 5.44. The van der Waals surface area contributed by atoms with Crippen molar-refractivity contribution in [2.45, 2.75) is 38.5 Å². The molecule has 6 nitrogen and oxygen atoms in total. The fourth-order valence-corrected chi connectivity index (χ4v) is 2.59. The number of hydrogen-bond donors (Lipinski definition) is 2. The number of rotatable bonds is 2. The van der Waals surface area contributed by atoms with Crippen molar-refractivity contribution in [3.05, 3.63) is 23.2 Å². The van der Waals surface area contributed by atoms with Gasteiger partial charge in [-0.15, -0.1) is 0 Å². The molecule has 0 aromatic rings. The van der Waals surface area contributed by atoms with Crippen LogP contribution in [0.2, 0.25) is 1.41 Å². The first-order valence-corrected chi connectivity index (χ1v) is 6.89. The predicted octanol–water partition coefficient (Wildman–Crippen LogP) is 0.604. The van der Waals surface area contributed by atoms with E-state index in [0.717, 1.165) is 6.08 Å². The molecule has 0 radical (unpaired) electrons. The molecule has 2 N–H and O–H groups in total. The van der Waals surface area contributed by atoms with Crippen LogP contribution >= 0.6 is 0 Å². The molecule has 3 heterocycles. The topological polar surface area (TPSA) is 64.7 Å². The zero-order valence-corrected chi connectivity index (χ0v) is 11.9. The molecular formula is C13H15F3N4O2. The summed E-state index contributed by atoms with van der Waals surface area (Å²) in [5.74, 6) is -1.38. The van der Waals surface area contributed by atoms with Crippen LogP contribution in [0.3, 0.4) is 0 Å². The van der Waals surface area contributed by atoms with Gasteiger partial charge in [0.2, 0.25) is 0 Å². The van der Waals surface area contributed by atoms with E-state index in [-0.39, 0.29) is 35.1 Å². The standard InChI is InChI=1S/C13H15F3N4O2/c1-3-6(2)19-5-7-10(12(19)22)17-9-4-8(13(14,15)16)18-20(9)11(7)21/h4,6,8,17-18H,3,5H2,1-2H3/t6-,8?/m0/s1/i/hD. The summed E-state index contributed by atoms with van der Waals surface area (Å²) < 4.78 is 46.3. The van der Waals surface area contributed by atoms with E-state index in [1.54, 1.807) is 0 Å². The highest BCUT2D eigenvalue weighted by molar-refractivity contribution is 6.10. The van der Waals surface area contributed by atoms with E-state index < -0.39 is 24.0 Å². The maximum atomic E-state index is 12.9. The molecule has 3 aliphatic heterocycles. The summed E-state index contributed by atoms with van der Waals surface area (Å²) >= 11 is 0. The van der Waals surface area contributed by atoms with Crippen molar-refractivity contribution in [1.82, 2.24) is 20.6 Å². The molecule has 0 aliphatic carbocycles. The van der Waals surface area contributed by atoms with Crippen LogP contribution in [0.1, 0.15) is 20.3 Å². The molecule has 1 unspecified atom stereocenters. The minimum Gasteiger partial charge on any atom is -0.336 e. The van der Waals surface area contributed by atoms with Gasteiger partial charge in [-0.05, 0) is 19.4 Å². The van der Waals surface area contributed by atoms with Gasteiger partial charge in [-0.1, -0.05) is 6.92 Å². The molecule has 0 saturated heterocycles. The Labute approximate surface area is 126 Å². The third-order valence-corrected chi connectivity index (χ3v) is 4.05. The molecular weight excluding hydrogens is 301 g/mol. The smallest absolute Gasteiger partial charge is 0.336 e. The summed E-state index contributed by atoms with van der Waals surface area (Å²) in [6.07, 6.45) is -3.27. The van der Waals surface area contributed by atoms with Gasteiger partial charge < -0.3 is 10.2 Å². The number of fused-ring (bicyclic) bond motifs is 1. The van der Waals surface area contributed by atoms with Gasteiger partial charge in [-0.3, -0.25) is 9.59 Å². The zero-order valence-electron chi connectivity index (χ0n) is 12.9. The average Bonchev–Trinajstić information content (AvgIpc) is 2.98. The van der Waals surface area contributed by atoms with Gasteiger partial charge in [0.15, 0.2) is 0 Å². The number of hydrogen-bond acceptors (Lipinski definition) is 4. The minimum absolute atomic E-state index is 0.00836. The highest BCUT2D eigenvalue weighted by atomic mass is 19.4. The van der Waals surface area contributed by atoms with Crippen molar-refractivity contribution >= 4 is 11.8 Å². The number of carbonyl (C=O) groups excluding carboxylic acids is 2. The van der Waals surface area contributed by atoms with Crippen molar-refractivity contribution in [1.29, 1.82) is 0 Å². The van der Waals surface area contributed by atoms with Crippen LogP contribution in [0.15, 0.2) is 23.2 Å². The van der Waals surface area contributed by atoms with Crippen LogP contribution in [0.4, 0.5) is 13.2 Å². The van der Waals surface area contributed by atoms with Crippen molar-refractivity contribution in [2.75, 3.05) is 6.54 Å². The molecule has 0 aromatic carbocycles. The molecule has 120 valence electrons. The minimum atomic E-state index is -4.69. The molecule has 2 atom stereocenters. The van der Waals surface area contributed by atoms with Crippen molar-refractivity contribution in [3.63, 3.8) is 0 Å². The maximum Gasteiger partial charge on any atom is 0.409 e. The van der Waals surface area contributed by atoms with E-state index in [4.69, 9.17) is 1.41 Å². The molecule has 2 amide bonds. The predicted molar refractivity (Wildman–Crippen MR) is 69.5 cm³/mol. The van der Waals surface area contributed by atoms with Gasteiger partial charge in [-0.25, -0.2) is 10.4 Å². The number of alkyl halides is 3. The average molecular weight is 317 g/mol. The zero-order chi connectivity index (χ0) is 17.1. The number of nitrogens with one attached hydrogen (secondary N) is 2. The summed E-state index contributed by atoms with van der Waals surface area (Å²) in [6.45, 7) is 3.76. The monoisotopic (exact) mass is 317 g/mol. The quantitative estimate of drug-likeness (QED) is 0.783. The van der Waals surface area contributed by atoms with Gasteiger partial charge in [0, 0.05) is 6.04 Å². The Balaban J connectivity index is 1.92. The summed E-state index contributed by atoms with van der Waals surface area (Å²) in [4.78, 5) is 26.3. The van der Waals surface area contributed by atoms with E-state index in [1.807, 2.05) is 13.8 Å². The third-order valence-electron chi connectivity index (χ3n) is 4.05. The first-order valence-electron chi connectivity index (χ1n) is 7.33. The lowest BCUT2D eigenvalue weighted by atomic mass is 10.2. The number of nitrogens with zero attached hydrogens (tertiary/aromatic N) is 2. The van der Waals surface area contributed by atoms with E-state index >= 15 is 0 Å². The van der Waals surface area contributed by atoms with E-state index in [2.05, 4.69) is 5.32 Å². The molecule has 3 aliphatic rings. The molecule has 0 bridgehead atoms. The Bertz CT molecular complexity index is 646. The molecule has 0 aromatic heterocycles. The normalized spacial score (nSPS) is 27.6. The Morgan fingerprint density at radius 3 is 2.73 bits per heavy atom. The van der Waals surface area contributed by atoms with Gasteiger partial charge >= 0.3 is 6.18 Å². The van der Waals surface area contributed by atoms with Crippen LogP contribution < -0.4 is 10.7 Å². The van der Waals surface area contributed by atoms with Crippen molar-refractivity contribution < 1.29 is 24.2 Å². The van der Waals surface area contributed by atoms with Gasteiger partial charge in [0.05, 0.1) is 12.1 Å². The fourth-order valence-electron chi connectivity index (χ4n) is 2.59. The summed E-state index contributed by atoms with van der Waals surface area (Å²) in [7, 11) is 0. The fraction of sp³-hybridized carbons (Fsp3) is 0.538. The van der Waals surface area contributed by atoms with Gasteiger partial charge in [0.1, 0.15) is 19.0 Å². The molecule has 0 saturated carbocycles. The highest BCUT2D eigenvalue weighted by Gasteiger charge is 2.49. The first kappa shape index (κ1) is 13.6. The molecule has 22 heavy (non-hydrogen) atoms. The van der Waals surface area contributed by atoms with Crippen molar-refractivity contribution in [3.8, 4) is 0 Å². The Hall–Kier alpha value is -2.03. The van der Waals surface area contributed by atoms with Crippen LogP contribution in [0.25, 0.3) is 0 Å². The maximum absolute atomic E-state index is 12.9. The lowest BCUT2D eigenvalue weighted by Gasteiger charge is -2.27. The van der Waals surface area contributed by atoms with E-state index in [0.29, 0.717) is 11.4 Å². The lowest BCUT2D eigenvalue weighted by molar-refractivity contribution is -0.154. The Morgan fingerprint density at radius 1 is 1.45 bits per heavy atom. The van der Waals surface area contributed by atoms with Crippen LogP contribution in [0, 0.1) is 0 Å². The summed E-state index contributed by atoms with van der Waals surface area (Å²) in [6, 6.07) is -2.32. The number of amides is 2. The molecule has 0 spiro atoms. The van der Waals surface area contributed by atoms with Crippen molar-refractivity contribution in [2.24, 2.45) is 0 Å². The van der Waals surface area contributed by atoms with E-state index in [9.17, 15) is 22.8 Å². The van der Waals surface area contributed by atoms with Gasteiger partial charge in [0.25, 0.3) is 11.8 Å². The summed E-state index contributed by atoms with van der Waals surface area (Å²) in [5, 5.41) is 3.21. The largest absolute Gasteiger partial charge is 0.409 e. The Kier molecular flexibility index (Phi) is 2.93. The number of halogens is 3. The second-order valence-electron chi connectivity index (χ2n) is 5.44. The Morgan fingerprint density at radius 2 is 2.14 bits per heavy atom. The van der Waals surface area contributed by atoms with E-state index in [1.165, 1.54) is 4.90 Å². The molecule has 0 fully saturated rings. The molecule has 3 rings (SSSR count). The highest BCUT2D eigenvalue weighted by Crippen LogP contribution is 2.32. The van der Waals surface area contributed by atoms with Crippen LogP contribution in [-0.2, 0) is 9.59 Å². The first-order chi connectivity index (χ1) is 10.7. The lowest BCUT2D eigenvalue weighted by Crippen LogP contribution is -2.51. The number of carbonyl (C=O) groups is 2. The summed E-state index contributed by atoms with van der Waals surface area (Å²) in [5.41, 5.74) is 0.187. The SMILES string of the molecule is [2H]N1C(C(F)(F)F)C=C2NC3=C(CN([C@@H](C)CC)C3=O)C(=O)N21.